The van der Waals surface area contributed by atoms with E-state index in [4.69, 9.17) is 0 Å². The molecule has 0 radical (unpaired) electrons. The second-order valence-electron chi connectivity index (χ2n) is 6.68. The van der Waals surface area contributed by atoms with Crippen molar-refractivity contribution in [2.75, 3.05) is 0 Å². The third kappa shape index (κ3) is 3.86. The van der Waals surface area contributed by atoms with Crippen LogP contribution in [-0.4, -0.2) is 0 Å². The molecule has 0 aliphatic rings. The molecule has 0 heterocycles. The molecule has 0 aliphatic carbocycles. The van der Waals surface area contributed by atoms with Crippen molar-refractivity contribution < 1.29 is 0 Å². The number of benzene rings is 2. The van der Waals surface area contributed by atoms with Gasteiger partial charge in [0.05, 0.1) is 0 Å². The highest BCUT2D eigenvalue weighted by atomic mass is 14.9. The third-order valence-corrected chi connectivity index (χ3v) is 4.40. The summed E-state index contributed by atoms with van der Waals surface area (Å²) < 4.78 is 0. The van der Waals surface area contributed by atoms with Crippen LogP contribution in [0, 0.1) is 19.3 Å². The summed E-state index contributed by atoms with van der Waals surface area (Å²) in [4.78, 5) is 0. The lowest BCUT2D eigenvalue weighted by Crippen LogP contribution is -2.32. The minimum atomic E-state index is -0.0139. The number of aryl methyl sites for hydroxylation is 2. The maximum absolute atomic E-state index is 4.02. The molecule has 1 N–H and O–H groups in total. The number of nitrogens with one attached hydrogen (secondary N) is 1. The molecule has 0 spiro atoms. The molecular formula is C21H27N. The van der Waals surface area contributed by atoms with E-state index in [0.29, 0.717) is 0 Å². The van der Waals surface area contributed by atoms with E-state index in [1.165, 1.54) is 22.3 Å². The van der Waals surface area contributed by atoms with Crippen molar-refractivity contribution >= 4 is 0 Å². The lowest BCUT2D eigenvalue weighted by Gasteiger charge is -2.33. The van der Waals surface area contributed by atoms with Crippen LogP contribution in [0.25, 0.3) is 0 Å². The monoisotopic (exact) mass is 293 g/mol. The molecule has 2 rings (SSSR count). The topological polar surface area (TPSA) is 12.0 Å². The summed E-state index contributed by atoms with van der Waals surface area (Å²) in [6.45, 7) is 13.7. The van der Waals surface area contributed by atoms with Gasteiger partial charge in [-0.1, -0.05) is 74.0 Å². The zero-order chi connectivity index (χ0) is 16.2. The van der Waals surface area contributed by atoms with Crippen LogP contribution < -0.4 is 5.32 Å². The first kappa shape index (κ1) is 16.5. The molecule has 0 bridgehead atoms. The molecule has 2 aromatic carbocycles. The summed E-state index contributed by atoms with van der Waals surface area (Å²) in [5, 5.41) is 3.73. The normalized spacial score (nSPS) is 12.9. The van der Waals surface area contributed by atoms with Gasteiger partial charge in [-0.15, -0.1) is 6.58 Å². The average Bonchev–Trinajstić information content (AvgIpc) is 2.50. The fraction of sp³-hybridized carbons (Fsp3) is 0.333. The summed E-state index contributed by atoms with van der Waals surface area (Å²) >= 11 is 0. The van der Waals surface area contributed by atoms with Gasteiger partial charge < -0.3 is 5.32 Å². The highest BCUT2D eigenvalue weighted by molar-refractivity contribution is 5.31. The van der Waals surface area contributed by atoms with E-state index in [1.54, 1.807) is 0 Å². The Morgan fingerprint density at radius 3 is 2.36 bits per heavy atom. The fourth-order valence-corrected chi connectivity index (χ4v) is 2.83. The van der Waals surface area contributed by atoms with Crippen LogP contribution in [0.15, 0.2) is 61.2 Å². The van der Waals surface area contributed by atoms with Crippen molar-refractivity contribution in [3.8, 4) is 0 Å². The quantitative estimate of drug-likeness (QED) is 0.708. The molecule has 1 heteroatoms. The Bertz CT molecular complexity index is 626. The summed E-state index contributed by atoms with van der Waals surface area (Å²) in [6.07, 6.45) is 2.04. The molecule has 1 atom stereocenters. The molecule has 0 fully saturated rings. The highest BCUT2D eigenvalue weighted by Crippen LogP contribution is 2.34. The predicted molar refractivity (Wildman–Crippen MR) is 95.9 cm³/mol. The minimum Gasteiger partial charge on any atom is -0.305 e. The van der Waals surface area contributed by atoms with Gasteiger partial charge in [-0.3, -0.25) is 0 Å². The van der Waals surface area contributed by atoms with Crippen LogP contribution in [0.1, 0.15) is 42.1 Å². The van der Waals surface area contributed by atoms with E-state index in [2.05, 4.69) is 88.1 Å². The molecule has 1 nitrogen and oxygen atoms in total. The molecular weight excluding hydrogens is 266 g/mol. The van der Waals surface area contributed by atoms with Crippen LogP contribution in [0.3, 0.4) is 0 Å². The summed E-state index contributed by atoms with van der Waals surface area (Å²) in [5.41, 5.74) is 5.30. The van der Waals surface area contributed by atoms with Crippen LogP contribution in [0.5, 0.6) is 0 Å². The number of hydrogen-bond donors (Lipinski definition) is 1. The van der Waals surface area contributed by atoms with Gasteiger partial charge in [-0.2, -0.15) is 0 Å². The Labute approximate surface area is 135 Å². The van der Waals surface area contributed by atoms with Crippen molar-refractivity contribution in [1.82, 2.24) is 5.32 Å². The molecule has 22 heavy (non-hydrogen) atoms. The van der Waals surface area contributed by atoms with Gasteiger partial charge >= 0.3 is 0 Å². The first-order chi connectivity index (χ1) is 10.4. The van der Waals surface area contributed by atoms with Crippen LogP contribution in [0.4, 0.5) is 0 Å². The van der Waals surface area contributed by atoms with E-state index >= 15 is 0 Å². The Kier molecular flexibility index (Phi) is 5.20. The molecule has 0 aliphatic heterocycles. The second kappa shape index (κ2) is 6.93. The first-order valence-electron chi connectivity index (χ1n) is 7.92. The van der Waals surface area contributed by atoms with Crippen molar-refractivity contribution in [1.29, 1.82) is 0 Å². The van der Waals surface area contributed by atoms with Gasteiger partial charge in [0.15, 0.2) is 0 Å². The lowest BCUT2D eigenvalue weighted by molar-refractivity contribution is 0.313. The molecule has 0 amide bonds. The van der Waals surface area contributed by atoms with E-state index in [0.717, 1.165) is 6.54 Å². The van der Waals surface area contributed by atoms with Gasteiger partial charge in [0.2, 0.25) is 0 Å². The van der Waals surface area contributed by atoms with Crippen molar-refractivity contribution in [2.24, 2.45) is 5.41 Å². The molecule has 0 unspecified atom stereocenters. The van der Waals surface area contributed by atoms with E-state index in [9.17, 15) is 0 Å². The fourth-order valence-electron chi connectivity index (χ4n) is 2.83. The number of rotatable bonds is 6. The van der Waals surface area contributed by atoms with Crippen molar-refractivity contribution in [3.63, 3.8) is 0 Å². The summed E-state index contributed by atoms with van der Waals surface area (Å²) in [7, 11) is 0. The molecule has 2 aromatic rings. The Balaban J connectivity index is 2.22. The molecule has 0 aromatic heterocycles. The Morgan fingerprint density at radius 1 is 1.09 bits per heavy atom. The van der Waals surface area contributed by atoms with E-state index in [1.807, 2.05) is 6.08 Å². The largest absolute Gasteiger partial charge is 0.305 e. The number of hydrogen-bond acceptors (Lipinski definition) is 1. The second-order valence-corrected chi connectivity index (χ2v) is 6.68. The first-order valence-corrected chi connectivity index (χ1v) is 7.92. The zero-order valence-corrected chi connectivity index (χ0v) is 14.2. The summed E-state index contributed by atoms with van der Waals surface area (Å²) in [6, 6.07) is 17.5. The highest BCUT2D eigenvalue weighted by Gasteiger charge is 2.27. The predicted octanol–water partition coefficient (Wildman–Crippen LogP) is 5.35. The maximum atomic E-state index is 4.02. The SMILES string of the molecule is C=CC(C)(C)[C@H](NCc1ccc(C)cc1C)c1ccccc1. The molecule has 0 saturated carbocycles. The van der Waals surface area contributed by atoms with E-state index < -0.39 is 0 Å². The Hall–Kier alpha value is -1.86. The van der Waals surface area contributed by atoms with Crippen molar-refractivity contribution in [2.45, 2.75) is 40.3 Å². The van der Waals surface area contributed by atoms with Crippen LogP contribution >= 0.6 is 0 Å². The standard InChI is InChI=1S/C21H27N/c1-6-21(4,5)20(18-10-8-7-9-11-18)22-15-19-13-12-16(2)14-17(19)3/h6-14,20,22H,1,15H2,2-5H3/t20-/m1/s1. The average molecular weight is 293 g/mol. The minimum absolute atomic E-state index is 0.0139. The van der Waals surface area contributed by atoms with Gasteiger partial charge in [-0.05, 0) is 30.5 Å². The Morgan fingerprint density at radius 2 is 1.77 bits per heavy atom. The van der Waals surface area contributed by atoms with Crippen LogP contribution in [0.2, 0.25) is 0 Å². The summed E-state index contributed by atoms with van der Waals surface area (Å²) in [5.74, 6) is 0. The molecule has 0 saturated heterocycles. The smallest absolute Gasteiger partial charge is 0.0409 e. The van der Waals surface area contributed by atoms with Gasteiger partial charge in [0.25, 0.3) is 0 Å². The third-order valence-electron chi connectivity index (χ3n) is 4.40. The van der Waals surface area contributed by atoms with Gasteiger partial charge in [0.1, 0.15) is 0 Å². The lowest BCUT2D eigenvalue weighted by atomic mass is 9.80. The van der Waals surface area contributed by atoms with Crippen molar-refractivity contribution in [3.05, 3.63) is 83.4 Å². The molecule has 116 valence electrons. The zero-order valence-electron chi connectivity index (χ0n) is 14.2. The van der Waals surface area contributed by atoms with Gasteiger partial charge in [-0.25, -0.2) is 0 Å². The maximum Gasteiger partial charge on any atom is 0.0409 e. The van der Waals surface area contributed by atoms with E-state index in [-0.39, 0.29) is 11.5 Å². The van der Waals surface area contributed by atoms with Crippen LogP contribution in [-0.2, 0) is 6.54 Å². The van der Waals surface area contributed by atoms with Gasteiger partial charge in [0, 0.05) is 18.0 Å².